The highest BCUT2D eigenvalue weighted by molar-refractivity contribution is 5.71. The van der Waals surface area contributed by atoms with Crippen LogP contribution in [0.2, 0.25) is 0 Å². The van der Waals surface area contributed by atoms with Crippen LogP contribution in [-0.4, -0.2) is 57.3 Å². The first-order chi connectivity index (χ1) is 13.2. The minimum Gasteiger partial charge on any atom is -0.369 e. The van der Waals surface area contributed by atoms with Gasteiger partial charge in [-0.25, -0.2) is 0 Å². The lowest BCUT2D eigenvalue weighted by Crippen LogP contribution is -2.47. The Balaban J connectivity index is 1.54. The van der Waals surface area contributed by atoms with Crippen molar-refractivity contribution in [2.24, 2.45) is 0 Å². The summed E-state index contributed by atoms with van der Waals surface area (Å²) in [5, 5.41) is 14.9. The Bertz CT molecular complexity index is 784. The molecular weight excluding hydrogens is 342 g/mol. The van der Waals surface area contributed by atoms with E-state index >= 15 is 0 Å². The predicted octanol–water partition coefficient (Wildman–Crippen LogP) is 2.33. The van der Waals surface area contributed by atoms with Crippen LogP contribution in [0.15, 0.2) is 48.5 Å². The summed E-state index contributed by atoms with van der Waals surface area (Å²) >= 11 is 0. The van der Waals surface area contributed by atoms with Gasteiger partial charge in [0.2, 0.25) is 0 Å². The van der Waals surface area contributed by atoms with E-state index in [0.717, 1.165) is 63.7 Å². The molecule has 1 N–H and O–H groups in total. The van der Waals surface area contributed by atoms with Crippen LogP contribution >= 0.6 is 0 Å². The third-order valence-corrected chi connectivity index (χ3v) is 5.38. The fourth-order valence-electron chi connectivity index (χ4n) is 3.88. The van der Waals surface area contributed by atoms with E-state index in [-0.39, 0.29) is 10.6 Å². The molecule has 2 aliphatic heterocycles. The van der Waals surface area contributed by atoms with Gasteiger partial charge < -0.3 is 20.0 Å². The molecule has 2 saturated heterocycles. The van der Waals surface area contributed by atoms with Crippen molar-refractivity contribution in [3.8, 4) is 0 Å². The quantitative estimate of drug-likeness (QED) is 0.661. The van der Waals surface area contributed by atoms with Crippen LogP contribution in [-0.2, 0) is 0 Å². The highest BCUT2D eigenvalue weighted by Crippen LogP contribution is 2.33. The van der Waals surface area contributed by atoms with Crippen LogP contribution in [0.4, 0.5) is 22.7 Å². The second-order valence-electron chi connectivity index (χ2n) is 6.98. The molecule has 2 aromatic rings. The molecule has 0 atom stereocenters. The fraction of sp³-hybridized carbons (Fsp3) is 0.400. The molecule has 0 aliphatic carbocycles. The Morgan fingerprint density at radius 2 is 1.41 bits per heavy atom. The third-order valence-electron chi connectivity index (χ3n) is 5.38. The van der Waals surface area contributed by atoms with Gasteiger partial charge in [-0.1, -0.05) is 18.2 Å². The Hall–Kier alpha value is -2.80. The number of benzene rings is 2. The molecule has 27 heavy (non-hydrogen) atoms. The molecule has 2 aliphatic rings. The molecule has 7 heteroatoms. The van der Waals surface area contributed by atoms with Crippen molar-refractivity contribution < 1.29 is 4.92 Å². The lowest BCUT2D eigenvalue weighted by Gasteiger charge is -2.37. The largest absolute Gasteiger partial charge is 0.369 e. The van der Waals surface area contributed by atoms with Crippen molar-refractivity contribution in [2.45, 2.75) is 0 Å². The van der Waals surface area contributed by atoms with Crippen molar-refractivity contribution in [3.63, 3.8) is 0 Å². The maximum atomic E-state index is 11.6. The lowest BCUT2D eigenvalue weighted by molar-refractivity contribution is -0.384. The summed E-state index contributed by atoms with van der Waals surface area (Å²) < 4.78 is 0. The Kier molecular flexibility index (Phi) is 5.11. The molecule has 2 aromatic carbocycles. The molecule has 0 radical (unpaired) electrons. The maximum absolute atomic E-state index is 11.6. The minimum atomic E-state index is -0.263. The monoisotopic (exact) mass is 367 g/mol. The van der Waals surface area contributed by atoms with Crippen LogP contribution in [0.3, 0.4) is 0 Å². The fourth-order valence-corrected chi connectivity index (χ4v) is 3.88. The van der Waals surface area contributed by atoms with E-state index in [1.165, 1.54) is 5.69 Å². The van der Waals surface area contributed by atoms with Crippen molar-refractivity contribution in [1.29, 1.82) is 0 Å². The van der Waals surface area contributed by atoms with Crippen LogP contribution < -0.4 is 20.0 Å². The van der Waals surface area contributed by atoms with E-state index in [2.05, 4.69) is 32.1 Å². The molecule has 0 amide bonds. The molecule has 142 valence electrons. The first kappa shape index (κ1) is 17.6. The average Bonchev–Trinajstić information content (AvgIpc) is 2.74. The van der Waals surface area contributed by atoms with Gasteiger partial charge in [-0.05, 0) is 24.3 Å². The van der Waals surface area contributed by atoms with Gasteiger partial charge in [-0.2, -0.15) is 0 Å². The third kappa shape index (κ3) is 3.83. The molecule has 4 rings (SSSR count). The molecule has 0 saturated carbocycles. The number of nitrogens with one attached hydrogen (secondary N) is 1. The van der Waals surface area contributed by atoms with Gasteiger partial charge in [0.05, 0.1) is 4.92 Å². The number of piperazine rings is 2. The van der Waals surface area contributed by atoms with Crippen molar-refractivity contribution in [3.05, 3.63) is 58.6 Å². The molecule has 0 unspecified atom stereocenters. The Labute approximate surface area is 159 Å². The second-order valence-corrected chi connectivity index (χ2v) is 6.98. The smallest absolute Gasteiger partial charge is 0.292 e. The predicted molar refractivity (Wildman–Crippen MR) is 109 cm³/mol. The van der Waals surface area contributed by atoms with E-state index in [4.69, 9.17) is 0 Å². The van der Waals surface area contributed by atoms with Gasteiger partial charge in [-0.3, -0.25) is 10.1 Å². The highest BCUT2D eigenvalue weighted by atomic mass is 16.6. The zero-order chi connectivity index (χ0) is 18.6. The standard InChI is InChI=1S/C20H25N5O2/c26-25(27)19-7-6-18(22-10-8-21-9-11-22)16-20(19)24-14-12-23(13-15-24)17-4-2-1-3-5-17/h1-7,16,21H,8-15H2. The van der Waals surface area contributed by atoms with Gasteiger partial charge in [-0.15, -0.1) is 0 Å². The number of nitro benzene ring substituents is 1. The van der Waals surface area contributed by atoms with E-state index in [1.54, 1.807) is 6.07 Å². The number of hydrogen-bond donors (Lipinski definition) is 1. The zero-order valence-corrected chi connectivity index (χ0v) is 15.4. The summed E-state index contributed by atoms with van der Waals surface area (Å²) in [5.74, 6) is 0. The lowest BCUT2D eigenvalue weighted by atomic mass is 10.1. The molecule has 7 nitrogen and oxygen atoms in total. The first-order valence-corrected chi connectivity index (χ1v) is 9.51. The zero-order valence-electron chi connectivity index (χ0n) is 15.4. The highest BCUT2D eigenvalue weighted by Gasteiger charge is 2.25. The maximum Gasteiger partial charge on any atom is 0.292 e. The first-order valence-electron chi connectivity index (χ1n) is 9.51. The summed E-state index contributed by atoms with van der Waals surface area (Å²) in [5.41, 5.74) is 3.22. The number of para-hydroxylation sites is 1. The van der Waals surface area contributed by atoms with Crippen LogP contribution in [0.1, 0.15) is 0 Å². The number of hydrogen-bond acceptors (Lipinski definition) is 6. The van der Waals surface area contributed by atoms with Gasteiger partial charge >= 0.3 is 0 Å². The van der Waals surface area contributed by atoms with Crippen LogP contribution in [0, 0.1) is 10.1 Å². The summed E-state index contributed by atoms with van der Waals surface area (Å²) in [7, 11) is 0. The topological polar surface area (TPSA) is 64.9 Å². The molecule has 2 heterocycles. The summed E-state index contributed by atoms with van der Waals surface area (Å²) in [6.07, 6.45) is 0. The molecule has 0 spiro atoms. The summed E-state index contributed by atoms with van der Waals surface area (Å²) in [6, 6.07) is 15.9. The molecule has 0 bridgehead atoms. The van der Waals surface area contributed by atoms with Crippen molar-refractivity contribution in [1.82, 2.24) is 5.32 Å². The van der Waals surface area contributed by atoms with Gasteiger partial charge in [0.25, 0.3) is 5.69 Å². The normalized spacial score (nSPS) is 17.9. The Morgan fingerprint density at radius 3 is 2.07 bits per heavy atom. The number of anilines is 3. The van der Waals surface area contributed by atoms with E-state index in [0.29, 0.717) is 0 Å². The van der Waals surface area contributed by atoms with Crippen molar-refractivity contribution >= 4 is 22.7 Å². The summed E-state index contributed by atoms with van der Waals surface area (Å²) in [4.78, 5) is 18.1. The number of nitrogens with zero attached hydrogens (tertiary/aromatic N) is 4. The van der Waals surface area contributed by atoms with Gasteiger partial charge in [0, 0.05) is 69.8 Å². The van der Waals surface area contributed by atoms with Crippen molar-refractivity contribution in [2.75, 3.05) is 67.1 Å². The van der Waals surface area contributed by atoms with E-state index in [9.17, 15) is 10.1 Å². The van der Waals surface area contributed by atoms with Crippen LogP contribution in [0.25, 0.3) is 0 Å². The molecule has 0 aromatic heterocycles. The molecule has 2 fully saturated rings. The number of nitro groups is 1. The average molecular weight is 367 g/mol. The van der Waals surface area contributed by atoms with Gasteiger partial charge in [0.15, 0.2) is 0 Å². The van der Waals surface area contributed by atoms with Crippen LogP contribution in [0.5, 0.6) is 0 Å². The minimum absolute atomic E-state index is 0.196. The van der Waals surface area contributed by atoms with Gasteiger partial charge in [0.1, 0.15) is 5.69 Å². The van der Waals surface area contributed by atoms with E-state index in [1.807, 2.05) is 30.3 Å². The summed E-state index contributed by atoms with van der Waals surface area (Å²) in [6.45, 7) is 7.03. The Morgan fingerprint density at radius 1 is 0.778 bits per heavy atom. The second kappa shape index (κ2) is 7.84. The van der Waals surface area contributed by atoms with E-state index < -0.39 is 0 Å². The molecular formula is C20H25N5O2. The SMILES string of the molecule is O=[N+]([O-])c1ccc(N2CCNCC2)cc1N1CCN(c2ccccc2)CC1. The number of rotatable bonds is 4.